The van der Waals surface area contributed by atoms with E-state index in [0.717, 1.165) is 6.07 Å². The number of nitro benzene ring substituents is 1. The van der Waals surface area contributed by atoms with Crippen molar-refractivity contribution in [1.29, 1.82) is 0 Å². The van der Waals surface area contributed by atoms with Crippen molar-refractivity contribution in [2.45, 2.75) is 10.7 Å². The molecule has 0 aromatic heterocycles. The first-order valence-corrected chi connectivity index (χ1v) is 7.47. The van der Waals surface area contributed by atoms with E-state index in [2.05, 4.69) is 5.32 Å². The number of benzene rings is 2. The number of methoxy groups -OCH3 is 1. The Kier molecular flexibility index (Phi) is 5.69. The smallest absolute Gasteiger partial charge is 0.311 e. The molecule has 0 unspecified atom stereocenters. The van der Waals surface area contributed by atoms with Crippen LogP contribution in [0, 0.1) is 10.1 Å². The highest BCUT2D eigenvalue weighted by Crippen LogP contribution is 2.28. The number of carbonyl (C=O) groups is 1. The molecule has 2 aromatic rings. The maximum Gasteiger partial charge on any atom is 0.311 e. The van der Waals surface area contributed by atoms with Crippen LogP contribution in [-0.4, -0.2) is 23.7 Å². The zero-order valence-corrected chi connectivity index (χ0v) is 13.2. The first kappa shape index (κ1) is 17.7. The van der Waals surface area contributed by atoms with Crippen LogP contribution in [0.1, 0.15) is 10.4 Å². The van der Waals surface area contributed by atoms with E-state index in [1.54, 1.807) is 0 Å². The summed E-state index contributed by atoms with van der Waals surface area (Å²) in [4.78, 5) is 22.8. The number of alkyl halides is 2. The predicted octanol–water partition coefficient (Wildman–Crippen LogP) is 4.17. The number of hydrogen-bond acceptors (Lipinski definition) is 5. The van der Waals surface area contributed by atoms with Crippen molar-refractivity contribution in [2.75, 3.05) is 12.4 Å². The zero-order valence-electron chi connectivity index (χ0n) is 12.4. The molecule has 24 heavy (non-hydrogen) atoms. The molecule has 9 heteroatoms. The molecule has 0 aliphatic heterocycles. The topological polar surface area (TPSA) is 81.5 Å². The van der Waals surface area contributed by atoms with Gasteiger partial charge in [-0.1, -0.05) is 11.8 Å². The van der Waals surface area contributed by atoms with Crippen LogP contribution in [-0.2, 0) is 0 Å². The van der Waals surface area contributed by atoms with Gasteiger partial charge in [-0.2, -0.15) is 8.78 Å². The fourth-order valence-electron chi connectivity index (χ4n) is 1.90. The Bertz CT molecular complexity index is 754. The quantitative estimate of drug-likeness (QED) is 0.478. The molecule has 2 aromatic carbocycles. The SMILES string of the molecule is COc1ccc(C(=O)Nc2ccc(SC(F)F)cc2)cc1[N+](=O)[O-]. The molecular formula is C15H12F2N2O4S. The molecule has 0 saturated heterocycles. The summed E-state index contributed by atoms with van der Waals surface area (Å²) in [6.07, 6.45) is 0. The highest BCUT2D eigenvalue weighted by atomic mass is 32.2. The zero-order chi connectivity index (χ0) is 17.7. The second kappa shape index (κ2) is 7.73. The monoisotopic (exact) mass is 354 g/mol. The van der Waals surface area contributed by atoms with Gasteiger partial charge in [0, 0.05) is 22.2 Å². The van der Waals surface area contributed by atoms with Gasteiger partial charge in [0.1, 0.15) is 0 Å². The number of hydrogen-bond donors (Lipinski definition) is 1. The van der Waals surface area contributed by atoms with Crippen LogP contribution in [0.2, 0.25) is 0 Å². The average molecular weight is 354 g/mol. The summed E-state index contributed by atoms with van der Waals surface area (Å²) in [5, 5.41) is 13.5. The summed E-state index contributed by atoms with van der Waals surface area (Å²) >= 11 is 0.397. The first-order chi connectivity index (χ1) is 11.4. The van der Waals surface area contributed by atoms with Crippen molar-refractivity contribution in [2.24, 2.45) is 0 Å². The molecule has 2 rings (SSSR count). The molecule has 0 bridgehead atoms. The van der Waals surface area contributed by atoms with Crippen molar-refractivity contribution in [3.8, 4) is 5.75 Å². The van der Waals surface area contributed by atoms with Gasteiger partial charge in [0.2, 0.25) is 0 Å². The number of thioether (sulfide) groups is 1. The van der Waals surface area contributed by atoms with E-state index < -0.39 is 16.6 Å². The lowest BCUT2D eigenvalue weighted by Crippen LogP contribution is -2.12. The van der Waals surface area contributed by atoms with E-state index in [1.807, 2.05) is 0 Å². The summed E-state index contributed by atoms with van der Waals surface area (Å²) in [7, 11) is 1.29. The molecule has 0 radical (unpaired) electrons. The molecule has 1 amide bonds. The van der Waals surface area contributed by atoms with Crippen molar-refractivity contribution >= 4 is 29.0 Å². The number of ether oxygens (including phenoxy) is 1. The van der Waals surface area contributed by atoms with E-state index in [-0.39, 0.29) is 17.0 Å². The maximum atomic E-state index is 12.2. The van der Waals surface area contributed by atoms with Crippen LogP contribution >= 0.6 is 11.8 Å². The molecule has 0 spiro atoms. The minimum absolute atomic E-state index is 0.0462. The molecule has 126 valence electrons. The second-order valence-corrected chi connectivity index (χ2v) is 5.56. The fourth-order valence-corrected chi connectivity index (χ4v) is 2.40. The largest absolute Gasteiger partial charge is 0.490 e. The van der Waals surface area contributed by atoms with Crippen molar-refractivity contribution in [3.05, 3.63) is 58.1 Å². The average Bonchev–Trinajstić information content (AvgIpc) is 2.55. The standard InChI is InChI=1S/C15H12F2N2O4S/c1-23-13-7-2-9(8-12(13)19(21)22)14(20)18-10-3-5-11(6-4-10)24-15(16)17/h2-8,15H,1H3,(H,18,20). The van der Waals surface area contributed by atoms with Crippen LogP contribution in [0.5, 0.6) is 5.75 Å². The van der Waals surface area contributed by atoms with E-state index in [1.165, 1.54) is 43.5 Å². The van der Waals surface area contributed by atoms with Gasteiger partial charge in [-0.3, -0.25) is 14.9 Å². The van der Waals surface area contributed by atoms with Crippen LogP contribution in [0.15, 0.2) is 47.4 Å². The van der Waals surface area contributed by atoms with Crippen molar-refractivity contribution in [3.63, 3.8) is 0 Å². The number of anilines is 1. The van der Waals surface area contributed by atoms with Gasteiger partial charge in [-0.15, -0.1) is 0 Å². The van der Waals surface area contributed by atoms with Crippen LogP contribution in [0.25, 0.3) is 0 Å². The third kappa shape index (κ3) is 4.42. The van der Waals surface area contributed by atoms with Crippen LogP contribution in [0.3, 0.4) is 0 Å². The Morgan fingerprint density at radius 1 is 1.25 bits per heavy atom. The Morgan fingerprint density at radius 2 is 1.92 bits per heavy atom. The Labute approximate surface area is 140 Å². The van der Waals surface area contributed by atoms with Crippen LogP contribution in [0.4, 0.5) is 20.2 Å². The van der Waals surface area contributed by atoms with Gasteiger partial charge >= 0.3 is 5.69 Å². The lowest BCUT2D eigenvalue weighted by Gasteiger charge is -2.07. The number of nitrogens with one attached hydrogen (secondary N) is 1. The molecule has 0 fully saturated rings. The molecule has 0 saturated carbocycles. The lowest BCUT2D eigenvalue weighted by atomic mass is 10.1. The molecular weight excluding hydrogens is 342 g/mol. The minimum atomic E-state index is -2.52. The van der Waals surface area contributed by atoms with E-state index in [9.17, 15) is 23.7 Å². The van der Waals surface area contributed by atoms with Crippen molar-refractivity contribution < 1.29 is 23.2 Å². The normalized spacial score (nSPS) is 10.5. The number of halogens is 2. The van der Waals surface area contributed by atoms with Crippen molar-refractivity contribution in [1.82, 2.24) is 0 Å². The lowest BCUT2D eigenvalue weighted by molar-refractivity contribution is -0.385. The summed E-state index contributed by atoms with van der Waals surface area (Å²) in [5.41, 5.74) is 0.138. The molecule has 1 N–H and O–H groups in total. The number of nitro groups is 1. The van der Waals surface area contributed by atoms with Gasteiger partial charge in [0.05, 0.1) is 12.0 Å². The van der Waals surface area contributed by atoms with Gasteiger partial charge in [-0.05, 0) is 36.4 Å². The highest BCUT2D eigenvalue weighted by Gasteiger charge is 2.18. The summed E-state index contributed by atoms with van der Waals surface area (Å²) in [6, 6.07) is 9.67. The van der Waals surface area contributed by atoms with Gasteiger partial charge in [0.25, 0.3) is 11.7 Å². The molecule has 0 atom stereocenters. The van der Waals surface area contributed by atoms with Gasteiger partial charge in [0.15, 0.2) is 5.75 Å². The highest BCUT2D eigenvalue weighted by molar-refractivity contribution is 7.99. The van der Waals surface area contributed by atoms with E-state index in [4.69, 9.17) is 4.74 Å². The number of amides is 1. The summed E-state index contributed by atoms with van der Waals surface area (Å²) in [6.45, 7) is 0. The third-order valence-corrected chi connectivity index (χ3v) is 3.70. The predicted molar refractivity (Wildman–Crippen MR) is 85.9 cm³/mol. The van der Waals surface area contributed by atoms with Gasteiger partial charge in [-0.25, -0.2) is 0 Å². The number of rotatable bonds is 6. The first-order valence-electron chi connectivity index (χ1n) is 6.59. The van der Waals surface area contributed by atoms with Gasteiger partial charge < -0.3 is 10.1 Å². The fraction of sp³-hybridized carbons (Fsp3) is 0.133. The van der Waals surface area contributed by atoms with Crippen LogP contribution < -0.4 is 10.1 Å². The third-order valence-electron chi connectivity index (χ3n) is 2.98. The Morgan fingerprint density at radius 3 is 2.46 bits per heavy atom. The maximum absolute atomic E-state index is 12.2. The summed E-state index contributed by atoms with van der Waals surface area (Å²) < 4.78 is 29.4. The number of carbonyl (C=O) groups excluding carboxylic acids is 1. The Balaban J connectivity index is 2.15. The second-order valence-electron chi connectivity index (χ2n) is 4.50. The number of nitrogens with zero attached hydrogens (tertiary/aromatic N) is 1. The van der Waals surface area contributed by atoms with E-state index >= 15 is 0 Å². The van der Waals surface area contributed by atoms with E-state index in [0.29, 0.717) is 22.3 Å². The molecule has 0 aliphatic carbocycles. The minimum Gasteiger partial charge on any atom is -0.490 e. The molecule has 0 heterocycles. The summed E-state index contributed by atoms with van der Waals surface area (Å²) in [5.74, 6) is -3.04. The molecule has 6 nitrogen and oxygen atoms in total. The molecule has 0 aliphatic rings. The Hall–Kier alpha value is -2.68.